The van der Waals surface area contributed by atoms with Crippen LogP contribution in [0.25, 0.3) is 0 Å². The molecule has 0 saturated heterocycles. The monoisotopic (exact) mass is 954 g/mol. The number of nitrogens with zero attached hydrogens (tertiary/aromatic N) is 4. The van der Waals surface area contributed by atoms with Gasteiger partial charge in [0.25, 0.3) is 23.6 Å². The van der Waals surface area contributed by atoms with Gasteiger partial charge < -0.3 is 21.3 Å². The Bertz CT molecular complexity index is 2490. The standard InChI is InChI=1S/C42H32Cl6N8O6/c1-19-20(2)30(50-42(62)36(22(4)58)56-54-32-16-6-10-24(34(32)48)40(60)52-38-27(45)13-8-14-28(38)46)18-17-29(19)49-41(61)35(21(3)57)55-53-31-15-5-9-23(33(31)47)39(59)51-37-25(43)11-7-12-26(37)44/h5-18,35-36H,1-4H3,(H,49,61)(H,50,62)(H,51,59)(H,52,60). The number of hydrogen-bond acceptors (Lipinski definition) is 10. The predicted octanol–water partition coefficient (Wildman–Crippen LogP) is 12.1. The fourth-order valence-electron chi connectivity index (χ4n) is 5.51. The van der Waals surface area contributed by atoms with Crippen LogP contribution in [0.1, 0.15) is 45.7 Å². The van der Waals surface area contributed by atoms with Crippen molar-refractivity contribution >= 4 is 139 Å². The lowest BCUT2D eigenvalue weighted by atomic mass is 10.0. The zero-order valence-corrected chi connectivity index (χ0v) is 37.3. The Morgan fingerprint density at radius 2 is 0.790 bits per heavy atom. The maximum absolute atomic E-state index is 13.4. The molecule has 0 aliphatic carbocycles. The molecule has 2 atom stereocenters. The van der Waals surface area contributed by atoms with Gasteiger partial charge in [-0.1, -0.05) is 93.9 Å². The molecule has 318 valence electrons. The van der Waals surface area contributed by atoms with Gasteiger partial charge in [0.15, 0.2) is 11.6 Å². The highest BCUT2D eigenvalue weighted by molar-refractivity contribution is 6.42. The molecule has 0 saturated carbocycles. The predicted molar refractivity (Wildman–Crippen MR) is 243 cm³/mol. The first-order chi connectivity index (χ1) is 29.4. The van der Waals surface area contributed by atoms with Crippen molar-refractivity contribution < 1.29 is 28.8 Å². The van der Waals surface area contributed by atoms with Crippen LogP contribution in [-0.2, 0) is 19.2 Å². The van der Waals surface area contributed by atoms with E-state index in [1.54, 1.807) is 50.2 Å². The van der Waals surface area contributed by atoms with E-state index in [4.69, 9.17) is 69.6 Å². The fraction of sp³-hybridized carbons (Fsp3) is 0.143. The van der Waals surface area contributed by atoms with Gasteiger partial charge in [-0.3, -0.25) is 28.8 Å². The maximum Gasteiger partial charge on any atom is 0.258 e. The quantitative estimate of drug-likeness (QED) is 0.0630. The van der Waals surface area contributed by atoms with Crippen molar-refractivity contribution in [3.05, 3.63) is 137 Å². The Labute approximate surface area is 384 Å². The number of carbonyl (C=O) groups excluding carboxylic acids is 6. The van der Waals surface area contributed by atoms with Crippen LogP contribution >= 0.6 is 69.6 Å². The Balaban J connectivity index is 1.28. The van der Waals surface area contributed by atoms with Crippen molar-refractivity contribution in [2.24, 2.45) is 20.5 Å². The van der Waals surface area contributed by atoms with Crippen molar-refractivity contribution in [2.75, 3.05) is 21.3 Å². The lowest BCUT2D eigenvalue weighted by Crippen LogP contribution is -2.33. The molecule has 0 heterocycles. The smallest absolute Gasteiger partial charge is 0.258 e. The van der Waals surface area contributed by atoms with Crippen molar-refractivity contribution in [1.82, 2.24) is 0 Å². The first-order valence-electron chi connectivity index (χ1n) is 18.0. The van der Waals surface area contributed by atoms with Gasteiger partial charge in [0.1, 0.15) is 11.4 Å². The van der Waals surface area contributed by atoms with E-state index in [1.807, 2.05) is 0 Å². The molecule has 0 radical (unpaired) electrons. The number of rotatable bonds is 14. The third-order valence-corrected chi connectivity index (χ3v) is 11.0. The van der Waals surface area contributed by atoms with E-state index in [-0.39, 0.29) is 75.4 Å². The number of hydrogen-bond donors (Lipinski definition) is 4. The number of para-hydroxylation sites is 2. The minimum Gasteiger partial charge on any atom is -0.324 e. The number of ketones is 2. The van der Waals surface area contributed by atoms with Gasteiger partial charge in [-0.15, -0.1) is 0 Å². The van der Waals surface area contributed by atoms with Crippen molar-refractivity contribution in [3.63, 3.8) is 0 Å². The molecule has 5 rings (SSSR count). The summed E-state index contributed by atoms with van der Waals surface area (Å²) in [7, 11) is 0. The van der Waals surface area contributed by atoms with Gasteiger partial charge in [0.05, 0.1) is 52.6 Å². The van der Waals surface area contributed by atoms with Gasteiger partial charge in [-0.05, 0) is 99.5 Å². The molecule has 4 N–H and O–H groups in total. The zero-order valence-electron chi connectivity index (χ0n) is 32.7. The number of azo groups is 2. The molecule has 0 aliphatic heterocycles. The average molecular weight is 957 g/mol. The van der Waals surface area contributed by atoms with Crippen LogP contribution in [0.4, 0.5) is 34.1 Å². The van der Waals surface area contributed by atoms with Crippen LogP contribution in [0.2, 0.25) is 30.1 Å². The van der Waals surface area contributed by atoms with Crippen LogP contribution < -0.4 is 21.3 Å². The Morgan fingerprint density at radius 3 is 1.11 bits per heavy atom. The van der Waals surface area contributed by atoms with Crippen LogP contribution in [0, 0.1) is 13.8 Å². The number of amides is 4. The summed E-state index contributed by atoms with van der Waals surface area (Å²) < 4.78 is 0. The summed E-state index contributed by atoms with van der Waals surface area (Å²) in [5.41, 5.74) is 1.89. The second-order valence-corrected chi connectivity index (χ2v) is 15.6. The summed E-state index contributed by atoms with van der Waals surface area (Å²) in [5, 5.41) is 27.0. The number of carbonyl (C=O) groups is 6. The van der Waals surface area contributed by atoms with Gasteiger partial charge in [-0.2, -0.15) is 20.5 Å². The van der Waals surface area contributed by atoms with E-state index >= 15 is 0 Å². The highest BCUT2D eigenvalue weighted by Crippen LogP contribution is 2.35. The van der Waals surface area contributed by atoms with E-state index in [0.717, 1.165) is 13.8 Å². The van der Waals surface area contributed by atoms with Crippen LogP contribution in [0.15, 0.2) is 105 Å². The Hall–Kier alpha value is -5.74. The first-order valence-corrected chi connectivity index (χ1v) is 20.3. The lowest BCUT2D eigenvalue weighted by Gasteiger charge is -2.17. The summed E-state index contributed by atoms with van der Waals surface area (Å²) >= 11 is 37.7. The molecule has 0 spiro atoms. The normalized spacial score (nSPS) is 12.2. The molecule has 14 nitrogen and oxygen atoms in total. The second kappa shape index (κ2) is 20.9. The molecular weight excluding hydrogens is 925 g/mol. The summed E-state index contributed by atoms with van der Waals surface area (Å²) in [4.78, 5) is 78.1. The summed E-state index contributed by atoms with van der Waals surface area (Å²) in [6, 6.07) is 17.8. The molecule has 4 amide bonds. The number of halogens is 6. The topological polar surface area (TPSA) is 200 Å². The molecule has 20 heteroatoms. The molecule has 5 aromatic carbocycles. The molecule has 0 fully saturated rings. The van der Waals surface area contributed by atoms with Crippen molar-refractivity contribution in [2.45, 2.75) is 39.8 Å². The average Bonchev–Trinajstić information content (AvgIpc) is 3.21. The number of nitrogens with one attached hydrogen (secondary N) is 4. The maximum atomic E-state index is 13.4. The zero-order chi connectivity index (χ0) is 45.4. The summed E-state index contributed by atoms with van der Waals surface area (Å²) in [6.07, 6.45) is 0. The number of Topliss-reactive ketones (excluding diaryl/α,β-unsaturated/α-hetero) is 2. The largest absolute Gasteiger partial charge is 0.324 e. The molecular formula is C42H32Cl6N8O6. The van der Waals surface area contributed by atoms with E-state index in [9.17, 15) is 28.8 Å². The van der Waals surface area contributed by atoms with E-state index in [0.29, 0.717) is 11.1 Å². The fourth-order valence-corrected chi connectivity index (χ4v) is 6.99. The SMILES string of the molecule is CC(=O)C(N=Nc1cccc(C(=O)Nc2c(Cl)cccc2Cl)c1Cl)C(=O)Nc1ccc(NC(=O)C(N=Nc2cccc(C(=O)Nc3c(Cl)cccc3Cl)c2Cl)C(C)=O)c(C)c1C. The van der Waals surface area contributed by atoms with E-state index < -0.39 is 47.3 Å². The Morgan fingerprint density at radius 1 is 0.468 bits per heavy atom. The van der Waals surface area contributed by atoms with Gasteiger partial charge in [0.2, 0.25) is 12.1 Å². The number of anilines is 4. The highest BCUT2D eigenvalue weighted by atomic mass is 35.5. The van der Waals surface area contributed by atoms with Gasteiger partial charge in [-0.25, -0.2) is 0 Å². The molecule has 0 aromatic heterocycles. The molecule has 62 heavy (non-hydrogen) atoms. The molecule has 0 aliphatic rings. The lowest BCUT2D eigenvalue weighted by molar-refractivity contribution is -0.127. The van der Waals surface area contributed by atoms with E-state index in [2.05, 4.69) is 41.7 Å². The van der Waals surface area contributed by atoms with Crippen molar-refractivity contribution in [1.29, 1.82) is 0 Å². The van der Waals surface area contributed by atoms with Crippen LogP contribution in [0.5, 0.6) is 0 Å². The second-order valence-electron chi connectivity index (χ2n) is 13.2. The van der Waals surface area contributed by atoms with Crippen LogP contribution in [0.3, 0.4) is 0 Å². The minimum atomic E-state index is -1.62. The minimum absolute atomic E-state index is 0.00139. The third-order valence-electron chi connectivity index (χ3n) is 8.98. The van der Waals surface area contributed by atoms with Gasteiger partial charge in [0, 0.05) is 11.4 Å². The third kappa shape index (κ3) is 11.2. The van der Waals surface area contributed by atoms with Gasteiger partial charge >= 0.3 is 0 Å². The summed E-state index contributed by atoms with van der Waals surface area (Å²) in [6.45, 7) is 5.62. The Kier molecular flexibility index (Phi) is 15.9. The van der Waals surface area contributed by atoms with Crippen molar-refractivity contribution in [3.8, 4) is 0 Å². The molecule has 0 bridgehead atoms. The molecule has 2 unspecified atom stereocenters. The van der Waals surface area contributed by atoms with E-state index in [1.165, 1.54) is 48.5 Å². The first kappa shape index (κ1) is 47.3. The van der Waals surface area contributed by atoms with Crippen LogP contribution in [-0.4, -0.2) is 47.3 Å². The number of benzene rings is 5. The summed E-state index contributed by atoms with van der Waals surface area (Å²) in [5.74, 6) is -4.25. The highest BCUT2D eigenvalue weighted by Gasteiger charge is 2.27. The molecule has 5 aromatic rings.